The number of thiophene rings is 1. The average Bonchev–Trinajstić information content (AvgIpc) is 3.10. The molecule has 4 rings (SSSR count). The molecular weight excluding hydrogens is 312 g/mol. The first-order chi connectivity index (χ1) is 11.5. The van der Waals surface area contributed by atoms with Gasteiger partial charge in [0.1, 0.15) is 0 Å². The van der Waals surface area contributed by atoms with Crippen LogP contribution in [0, 0.1) is 13.8 Å². The van der Waals surface area contributed by atoms with E-state index >= 15 is 0 Å². The summed E-state index contributed by atoms with van der Waals surface area (Å²) in [5.41, 5.74) is 8.40. The van der Waals surface area contributed by atoms with Crippen molar-refractivity contribution in [3.8, 4) is 0 Å². The van der Waals surface area contributed by atoms with Crippen molar-refractivity contribution in [1.82, 2.24) is 9.47 Å². The minimum absolute atomic E-state index is 1.05. The van der Waals surface area contributed by atoms with Crippen molar-refractivity contribution in [2.75, 3.05) is 13.6 Å². The van der Waals surface area contributed by atoms with E-state index in [2.05, 4.69) is 73.1 Å². The van der Waals surface area contributed by atoms with Crippen molar-refractivity contribution in [2.45, 2.75) is 33.7 Å². The van der Waals surface area contributed by atoms with Gasteiger partial charge in [-0.25, -0.2) is 0 Å². The lowest BCUT2D eigenvalue weighted by Crippen LogP contribution is -2.26. The zero-order valence-electron chi connectivity index (χ0n) is 14.9. The zero-order chi connectivity index (χ0) is 16.8. The SMILES string of the molecule is CC(=Cn1c2c(c3cc(C)ccc31)CN(C)CC2)c1sccc1C. The van der Waals surface area contributed by atoms with Gasteiger partial charge < -0.3 is 9.47 Å². The first-order valence-electron chi connectivity index (χ1n) is 8.58. The molecule has 0 aliphatic carbocycles. The van der Waals surface area contributed by atoms with Crippen LogP contribution in [-0.2, 0) is 13.0 Å². The largest absolute Gasteiger partial charge is 0.320 e. The molecule has 2 nitrogen and oxygen atoms in total. The topological polar surface area (TPSA) is 8.17 Å². The molecule has 0 saturated heterocycles. The molecule has 1 aliphatic heterocycles. The molecule has 0 amide bonds. The molecule has 1 aromatic carbocycles. The van der Waals surface area contributed by atoms with Crippen molar-refractivity contribution in [3.63, 3.8) is 0 Å². The van der Waals surface area contributed by atoms with Crippen LogP contribution in [0.2, 0.25) is 0 Å². The van der Waals surface area contributed by atoms with E-state index in [1.54, 1.807) is 0 Å². The Labute approximate surface area is 148 Å². The number of fused-ring (bicyclic) bond motifs is 3. The van der Waals surface area contributed by atoms with Gasteiger partial charge in [0.05, 0.1) is 5.52 Å². The Morgan fingerprint density at radius 2 is 2.04 bits per heavy atom. The molecule has 3 heteroatoms. The third kappa shape index (κ3) is 2.52. The van der Waals surface area contributed by atoms with Crippen molar-refractivity contribution >= 4 is 34.0 Å². The lowest BCUT2D eigenvalue weighted by Gasteiger charge is -2.23. The van der Waals surface area contributed by atoms with Gasteiger partial charge in [0.2, 0.25) is 0 Å². The van der Waals surface area contributed by atoms with Gasteiger partial charge in [-0.2, -0.15) is 0 Å². The van der Waals surface area contributed by atoms with Gasteiger partial charge in [-0.3, -0.25) is 0 Å². The summed E-state index contributed by atoms with van der Waals surface area (Å²) in [7, 11) is 2.22. The van der Waals surface area contributed by atoms with Crippen LogP contribution in [0.3, 0.4) is 0 Å². The monoisotopic (exact) mass is 336 g/mol. The molecule has 24 heavy (non-hydrogen) atoms. The Kier molecular flexibility index (Phi) is 3.86. The van der Waals surface area contributed by atoms with E-state index in [0.29, 0.717) is 0 Å². The third-order valence-corrected chi connectivity index (χ3v) is 6.23. The Morgan fingerprint density at radius 1 is 1.21 bits per heavy atom. The fraction of sp³-hybridized carbons (Fsp3) is 0.333. The minimum atomic E-state index is 1.05. The summed E-state index contributed by atoms with van der Waals surface area (Å²) >= 11 is 1.84. The van der Waals surface area contributed by atoms with Gasteiger partial charge in [0.25, 0.3) is 0 Å². The first kappa shape index (κ1) is 15.7. The maximum atomic E-state index is 2.45. The van der Waals surface area contributed by atoms with Gasteiger partial charge in [-0.1, -0.05) is 11.6 Å². The quantitative estimate of drug-likeness (QED) is 0.614. The summed E-state index contributed by atoms with van der Waals surface area (Å²) in [6.07, 6.45) is 3.47. The third-order valence-electron chi connectivity index (χ3n) is 5.08. The van der Waals surface area contributed by atoms with Gasteiger partial charge >= 0.3 is 0 Å². The minimum Gasteiger partial charge on any atom is -0.320 e. The molecule has 0 saturated carbocycles. The van der Waals surface area contributed by atoms with E-state index in [-0.39, 0.29) is 0 Å². The standard InChI is InChI=1S/C21H24N2S/c1-14-5-6-19-17(11-14)18-13-22(4)9-7-20(18)23(19)12-16(3)21-15(2)8-10-24-21/h5-6,8,10-12H,7,9,13H2,1-4H3. The lowest BCUT2D eigenvalue weighted by atomic mass is 10.0. The van der Waals surface area contributed by atoms with E-state index in [4.69, 9.17) is 0 Å². The number of nitrogens with zero attached hydrogens (tertiary/aromatic N) is 2. The maximum Gasteiger partial charge on any atom is 0.0529 e. The predicted octanol–water partition coefficient (Wildman–Crippen LogP) is 5.33. The van der Waals surface area contributed by atoms with E-state index in [9.17, 15) is 0 Å². The van der Waals surface area contributed by atoms with Gasteiger partial charge in [-0.15, -0.1) is 11.3 Å². The van der Waals surface area contributed by atoms with Crippen LogP contribution >= 0.6 is 11.3 Å². The smallest absolute Gasteiger partial charge is 0.0529 e. The highest BCUT2D eigenvalue weighted by atomic mass is 32.1. The molecule has 3 heterocycles. The number of hydrogen-bond donors (Lipinski definition) is 0. The molecule has 0 fully saturated rings. The van der Waals surface area contributed by atoms with Gasteiger partial charge in [-0.05, 0) is 68.1 Å². The summed E-state index contributed by atoms with van der Waals surface area (Å²) in [6.45, 7) is 8.80. The fourth-order valence-electron chi connectivity index (χ4n) is 3.82. The maximum absolute atomic E-state index is 2.45. The number of aryl methyl sites for hydroxylation is 2. The molecule has 1 aliphatic rings. The molecular formula is C21H24N2S. The van der Waals surface area contributed by atoms with Crippen LogP contribution in [0.5, 0.6) is 0 Å². The van der Waals surface area contributed by atoms with Crippen molar-refractivity contribution in [3.05, 3.63) is 56.9 Å². The Hall–Kier alpha value is -1.84. The Balaban J connectivity index is 1.94. The second kappa shape index (κ2) is 5.91. The van der Waals surface area contributed by atoms with Crippen LogP contribution < -0.4 is 0 Å². The van der Waals surface area contributed by atoms with Crippen LogP contribution in [0.15, 0.2) is 29.6 Å². The highest BCUT2D eigenvalue weighted by Gasteiger charge is 2.22. The van der Waals surface area contributed by atoms with Crippen molar-refractivity contribution in [2.24, 2.45) is 0 Å². The van der Waals surface area contributed by atoms with E-state index in [1.165, 1.54) is 43.7 Å². The molecule has 3 aromatic rings. The number of benzene rings is 1. The molecule has 0 spiro atoms. The highest BCUT2D eigenvalue weighted by Crippen LogP contribution is 2.33. The fourth-order valence-corrected chi connectivity index (χ4v) is 4.72. The van der Waals surface area contributed by atoms with Crippen LogP contribution in [0.25, 0.3) is 22.7 Å². The zero-order valence-corrected chi connectivity index (χ0v) is 15.7. The van der Waals surface area contributed by atoms with Gasteiger partial charge in [0.15, 0.2) is 0 Å². The molecule has 124 valence electrons. The predicted molar refractivity (Wildman–Crippen MR) is 106 cm³/mol. The highest BCUT2D eigenvalue weighted by molar-refractivity contribution is 7.11. The van der Waals surface area contributed by atoms with E-state index < -0.39 is 0 Å². The summed E-state index contributed by atoms with van der Waals surface area (Å²) in [6, 6.07) is 9.07. The Morgan fingerprint density at radius 3 is 2.79 bits per heavy atom. The number of likely N-dealkylation sites (N-methyl/N-ethyl adjacent to an activating group) is 1. The number of hydrogen-bond acceptors (Lipinski definition) is 2. The first-order valence-corrected chi connectivity index (χ1v) is 9.46. The lowest BCUT2D eigenvalue weighted by molar-refractivity contribution is 0.312. The number of aromatic nitrogens is 1. The van der Waals surface area contributed by atoms with Gasteiger partial charge in [0, 0.05) is 41.7 Å². The summed E-state index contributed by atoms with van der Waals surface area (Å²) in [5, 5.41) is 3.60. The number of rotatable bonds is 2. The van der Waals surface area contributed by atoms with Crippen molar-refractivity contribution in [1.29, 1.82) is 0 Å². The van der Waals surface area contributed by atoms with Crippen LogP contribution in [0.4, 0.5) is 0 Å². The second-order valence-electron chi connectivity index (χ2n) is 7.05. The molecule has 0 N–H and O–H groups in total. The normalized spacial score (nSPS) is 15.9. The second-order valence-corrected chi connectivity index (χ2v) is 7.96. The van der Waals surface area contributed by atoms with Crippen LogP contribution in [0.1, 0.15) is 34.2 Å². The summed E-state index contributed by atoms with van der Waals surface area (Å²) in [4.78, 5) is 3.82. The number of allylic oxidation sites excluding steroid dienone is 1. The summed E-state index contributed by atoms with van der Waals surface area (Å²) < 4.78 is 2.45. The van der Waals surface area contributed by atoms with E-state index in [0.717, 1.165) is 19.5 Å². The average molecular weight is 337 g/mol. The Bertz CT molecular complexity index is 942. The molecule has 0 bridgehead atoms. The molecule has 0 atom stereocenters. The van der Waals surface area contributed by atoms with Crippen LogP contribution in [-0.4, -0.2) is 23.1 Å². The molecule has 0 unspecified atom stereocenters. The van der Waals surface area contributed by atoms with Crippen molar-refractivity contribution < 1.29 is 0 Å². The molecule has 2 aromatic heterocycles. The molecule has 0 radical (unpaired) electrons. The van der Waals surface area contributed by atoms with E-state index in [1.807, 2.05) is 11.3 Å². The summed E-state index contributed by atoms with van der Waals surface area (Å²) in [5.74, 6) is 0.